The van der Waals surface area contributed by atoms with Crippen LogP contribution in [0.15, 0.2) is 60.7 Å². The van der Waals surface area contributed by atoms with Gasteiger partial charge in [0.25, 0.3) is 0 Å². The third-order valence-electron chi connectivity index (χ3n) is 4.86. The largest absolute Gasteiger partial charge is 0.192 e. The van der Waals surface area contributed by atoms with Gasteiger partial charge >= 0.3 is 0 Å². The molecule has 0 bridgehead atoms. The van der Waals surface area contributed by atoms with Crippen molar-refractivity contribution in [1.29, 1.82) is 21.0 Å². The maximum atomic E-state index is 9.62. The monoisotopic (exact) mass is 354 g/mol. The first-order valence-corrected chi connectivity index (χ1v) is 8.46. The molecule has 0 atom stereocenters. The average Bonchev–Trinajstić information content (AvgIpc) is 2.76. The predicted octanol–water partition coefficient (Wildman–Crippen LogP) is 3.54. The first kappa shape index (κ1) is 16.8. The highest BCUT2D eigenvalue weighted by molar-refractivity contribution is 6.15. The lowest BCUT2D eigenvalue weighted by molar-refractivity contribution is 1.50. The number of rotatable bonds is 0. The first-order valence-electron chi connectivity index (χ1n) is 8.46. The Kier molecular flexibility index (Phi) is 3.95. The summed E-state index contributed by atoms with van der Waals surface area (Å²) in [6.07, 6.45) is 0. The third kappa shape index (κ3) is 2.28. The summed E-state index contributed by atoms with van der Waals surface area (Å²) in [4.78, 5) is 0. The Morgan fingerprint density at radius 3 is 1.61 bits per heavy atom. The highest BCUT2D eigenvalue weighted by Gasteiger charge is 2.14. The molecule has 4 heteroatoms. The summed E-state index contributed by atoms with van der Waals surface area (Å²) in [5.41, 5.74) is -0.00179. The topological polar surface area (TPSA) is 95.2 Å². The lowest BCUT2D eigenvalue weighted by Crippen LogP contribution is -2.18. The van der Waals surface area contributed by atoms with Crippen LogP contribution in [0.5, 0.6) is 0 Å². The van der Waals surface area contributed by atoms with Gasteiger partial charge in [0, 0.05) is 15.8 Å². The molecule has 0 unspecified atom stereocenters. The average molecular weight is 354 g/mol. The molecular formula is C24H10N4. The van der Waals surface area contributed by atoms with Gasteiger partial charge in [0.2, 0.25) is 0 Å². The van der Waals surface area contributed by atoms with Crippen LogP contribution < -0.4 is 10.4 Å². The molecule has 0 heterocycles. The minimum absolute atomic E-state index is 0.000400. The van der Waals surface area contributed by atoms with Gasteiger partial charge in [-0.05, 0) is 26.9 Å². The molecule has 0 aromatic heterocycles. The van der Waals surface area contributed by atoms with E-state index in [4.69, 9.17) is 0 Å². The lowest BCUT2D eigenvalue weighted by Gasteiger charge is -2.11. The highest BCUT2D eigenvalue weighted by Crippen LogP contribution is 2.24. The van der Waals surface area contributed by atoms with E-state index in [0.29, 0.717) is 32.0 Å². The van der Waals surface area contributed by atoms with E-state index in [2.05, 4.69) is 0 Å². The quantitative estimate of drug-likeness (QED) is 0.356. The summed E-state index contributed by atoms with van der Waals surface area (Å²) in [6, 6.07) is 26.7. The maximum absolute atomic E-state index is 9.62. The second-order valence-corrected chi connectivity index (χ2v) is 6.20. The molecule has 0 saturated carbocycles. The molecule has 4 rings (SSSR count). The Labute approximate surface area is 160 Å². The van der Waals surface area contributed by atoms with E-state index < -0.39 is 0 Å². The van der Waals surface area contributed by atoms with Crippen LogP contribution in [0.3, 0.4) is 0 Å². The molecule has 0 aliphatic carbocycles. The van der Waals surface area contributed by atoms with E-state index in [0.717, 1.165) is 10.8 Å². The van der Waals surface area contributed by atoms with Crippen molar-refractivity contribution in [3.8, 4) is 24.3 Å². The maximum Gasteiger partial charge on any atom is 0.138 e. The number of nitrogens with zero attached hydrogens (tertiary/aromatic N) is 4. The fourth-order valence-electron chi connectivity index (χ4n) is 3.75. The van der Waals surface area contributed by atoms with Gasteiger partial charge in [-0.1, -0.05) is 60.7 Å². The fraction of sp³-hybridized carbons (Fsp3) is 0. The zero-order valence-corrected chi connectivity index (χ0v) is 14.6. The van der Waals surface area contributed by atoms with Gasteiger partial charge in [-0.3, -0.25) is 0 Å². The van der Waals surface area contributed by atoms with E-state index in [1.54, 1.807) is 0 Å². The molecule has 0 spiro atoms. The van der Waals surface area contributed by atoms with Crippen LogP contribution in [0, 0.1) is 45.3 Å². The van der Waals surface area contributed by atoms with E-state index >= 15 is 0 Å². The summed E-state index contributed by atoms with van der Waals surface area (Å²) in [7, 11) is 0. The number of nitriles is 4. The van der Waals surface area contributed by atoms with Gasteiger partial charge in [-0.25, -0.2) is 0 Å². The Morgan fingerprint density at radius 1 is 0.500 bits per heavy atom. The molecule has 0 aliphatic heterocycles. The zero-order valence-electron chi connectivity index (χ0n) is 14.6. The molecule has 0 N–H and O–H groups in total. The van der Waals surface area contributed by atoms with Crippen LogP contribution in [0.4, 0.5) is 0 Å². The molecule has 0 aliphatic rings. The van der Waals surface area contributed by atoms with E-state index in [1.807, 2.05) is 84.9 Å². The minimum atomic E-state index is -0.00139. The summed E-state index contributed by atoms with van der Waals surface area (Å²) in [6.45, 7) is 0. The van der Waals surface area contributed by atoms with Gasteiger partial charge in [0.05, 0.1) is 0 Å². The summed E-state index contributed by atoms with van der Waals surface area (Å²) in [5, 5.41) is 44.0. The normalized spacial score (nSPS) is 10.0. The molecule has 4 aromatic carbocycles. The second-order valence-electron chi connectivity index (χ2n) is 6.20. The summed E-state index contributed by atoms with van der Waals surface area (Å²) < 4.78 is 0. The molecule has 126 valence electrons. The van der Waals surface area contributed by atoms with Gasteiger partial charge in [0.15, 0.2) is 0 Å². The van der Waals surface area contributed by atoms with Crippen molar-refractivity contribution in [2.75, 3.05) is 0 Å². The molecule has 0 fully saturated rings. The summed E-state index contributed by atoms with van der Waals surface area (Å²) >= 11 is 0. The minimum Gasteiger partial charge on any atom is -0.192 e. The van der Waals surface area contributed by atoms with Gasteiger partial charge in [-0.2, -0.15) is 21.0 Å². The van der Waals surface area contributed by atoms with E-state index in [1.165, 1.54) is 0 Å². The van der Waals surface area contributed by atoms with Crippen molar-refractivity contribution in [2.45, 2.75) is 0 Å². The van der Waals surface area contributed by atoms with Crippen molar-refractivity contribution >= 4 is 43.5 Å². The zero-order chi connectivity index (χ0) is 19.7. The van der Waals surface area contributed by atoms with Crippen molar-refractivity contribution in [2.24, 2.45) is 0 Å². The number of fused-ring (bicyclic) bond motifs is 4. The van der Waals surface area contributed by atoms with E-state index in [9.17, 15) is 21.0 Å². The Balaban J connectivity index is 2.63. The molecule has 4 aromatic rings. The summed E-state index contributed by atoms with van der Waals surface area (Å²) in [5.74, 6) is 0. The number of benzene rings is 4. The van der Waals surface area contributed by atoms with Crippen LogP contribution >= 0.6 is 0 Å². The van der Waals surface area contributed by atoms with Crippen molar-refractivity contribution < 1.29 is 0 Å². The number of hydrogen-bond donors (Lipinski definition) is 0. The van der Waals surface area contributed by atoms with Crippen molar-refractivity contribution in [3.05, 3.63) is 71.1 Å². The standard InChI is InChI=1S/C24H10N4/c25-11-16(12-26)22-19-7-3-4-8-20(19)23(17(13-27)14-28)24-18-6-2-1-5-15(18)9-10-21(22)24/h1-10H. The van der Waals surface area contributed by atoms with Crippen LogP contribution in [0.1, 0.15) is 0 Å². The van der Waals surface area contributed by atoms with Gasteiger partial charge < -0.3 is 0 Å². The van der Waals surface area contributed by atoms with Gasteiger partial charge in [0.1, 0.15) is 35.4 Å². The molecule has 0 amide bonds. The molecule has 0 radical (unpaired) electrons. The smallest absolute Gasteiger partial charge is 0.138 e. The molecule has 4 nitrogen and oxygen atoms in total. The third-order valence-corrected chi connectivity index (χ3v) is 4.86. The number of hydrogen-bond acceptors (Lipinski definition) is 4. The van der Waals surface area contributed by atoms with Crippen LogP contribution in [0.25, 0.3) is 43.5 Å². The van der Waals surface area contributed by atoms with E-state index in [-0.39, 0.29) is 11.1 Å². The Morgan fingerprint density at radius 2 is 1.00 bits per heavy atom. The molecule has 0 saturated heterocycles. The Hall–Kier alpha value is -4.64. The molecular weight excluding hydrogens is 344 g/mol. The van der Waals surface area contributed by atoms with Gasteiger partial charge in [-0.15, -0.1) is 0 Å². The Bertz CT molecular complexity index is 1570. The van der Waals surface area contributed by atoms with Crippen LogP contribution in [-0.4, -0.2) is 0 Å². The van der Waals surface area contributed by atoms with Crippen molar-refractivity contribution in [1.82, 2.24) is 0 Å². The fourth-order valence-corrected chi connectivity index (χ4v) is 3.75. The SMILES string of the molecule is N#CC(C#N)=c1c2ccccc2c(=C(C#N)C#N)c2c1ccc1ccccc12. The first-order chi connectivity index (χ1) is 13.7. The highest BCUT2D eigenvalue weighted by atomic mass is 14.3. The molecule has 28 heavy (non-hydrogen) atoms. The van der Waals surface area contributed by atoms with Crippen LogP contribution in [0.2, 0.25) is 0 Å². The predicted molar refractivity (Wildman–Crippen MR) is 107 cm³/mol. The second kappa shape index (κ2) is 6.59. The lowest BCUT2D eigenvalue weighted by atomic mass is 9.91. The van der Waals surface area contributed by atoms with Crippen LogP contribution in [-0.2, 0) is 0 Å². The van der Waals surface area contributed by atoms with Crippen molar-refractivity contribution in [3.63, 3.8) is 0 Å².